The molecule has 30 heteroatoms. The molecule has 0 aromatic carbocycles. The van der Waals surface area contributed by atoms with Crippen molar-refractivity contribution in [2.24, 2.45) is 23.7 Å². The summed E-state index contributed by atoms with van der Waals surface area (Å²) in [7, 11) is -11.6. The van der Waals surface area contributed by atoms with E-state index >= 15 is 0 Å². The topological polar surface area (TPSA) is 281 Å². The van der Waals surface area contributed by atoms with Crippen LogP contribution in [0, 0.1) is 23.7 Å². The van der Waals surface area contributed by atoms with Crippen molar-refractivity contribution in [2.45, 2.75) is 233 Å². The van der Waals surface area contributed by atoms with Gasteiger partial charge >= 0.3 is 67.1 Å². The first-order chi connectivity index (χ1) is 34.4. The molecular weight excluding hydrogens is 1080 g/mol. The number of esters is 6. The van der Waals surface area contributed by atoms with E-state index in [1.165, 1.54) is 48.5 Å². The minimum Gasteiger partial charge on any atom is -0.459 e. The van der Waals surface area contributed by atoms with Gasteiger partial charge in [0.2, 0.25) is 0 Å². The summed E-state index contributed by atoms with van der Waals surface area (Å²) in [4.78, 5) is 66.5. The zero-order chi connectivity index (χ0) is 59.5. The molecule has 20 atom stereocenters. The van der Waals surface area contributed by atoms with Gasteiger partial charge in [0.05, 0.1) is 48.8 Å². The molecule has 444 valence electrons. The van der Waals surface area contributed by atoms with Crippen LogP contribution in [0.1, 0.15) is 125 Å². The lowest BCUT2D eigenvalue weighted by molar-refractivity contribution is -0.216. The highest BCUT2D eigenvalue weighted by Gasteiger charge is 2.55. The molecular formula is C46H74F6O22S2. The zero-order valence-corrected chi connectivity index (χ0v) is 47.2. The third kappa shape index (κ3) is 20.4. The smallest absolute Gasteiger partial charge is 0.459 e. The Morgan fingerprint density at radius 2 is 0.474 bits per heavy atom. The Kier molecular flexibility index (Phi) is 26.5. The monoisotopic (exact) mass is 1160 g/mol. The third-order valence-corrected chi connectivity index (χ3v) is 14.8. The van der Waals surface area contributed by atoms with Gasteiger partial charge in [-0.05, 0) is 55.4 Å². The highest BCUT2D eigenvalue weighted by molar-refractivity contribution is 7.87. The fourth-order valence-electron chi connectivity index (χ4n) is 8.33. The van der Waals surface area contributed by atoms with Crippen molar-refractivity contribution in [3.63, 3.8) is 0 Å². The number of hydrogen-bond donors (Lipinski definition) is 0. The fourth-order valence-corrected chi connectivity index (χ4v) is 9.69. The molecule has 0 bridgehead atoms. The fraction of sp³-hybridized carbons (Fsp3) is 0.870. The molecule has 4 saturated heterocycles. The van der Waals surface area contributed by atoms with Crippen LogP contribution in [-0.2, 0) is 105 Å². The molecule has 4 aliphatic rings. The Labute approximate surface area is 439 Å². The third-order valence-electron chi connectivity index (χ3n) is 12.8. The van der Waals surface area contributed by atoms with Crippen LogP contribution >= 0.6 is 0 Å². The van der Waals surface area contributed by atoms with E-state index in [0.29, 0.717) is 0 Å². The summed E-state index contributed by atoms with van der Waals surface area (Å²) in [6.45, 7) is 27.9. The second-order valence-corrected chi connectivity index (χ2v) is 22.1. The van der Waals surface area contributed by atoms with Gasteiger partial charge in [0.1, 0.15) is 30.5 Å². The summed E-state index contributed by atoms with van der Waals surface area (Å²) in [5.74, 6) is -4.34. The van der Waals surface area contributed by atoms with Crippen molar-refractivity contribution in [3.8, 4) is 0 Å². The van der Waals surface area contributed by atoms with Crippen LogP contribution < -0.4 is 0 Å². The van der Waals surface area contributed by atoms with Gasteiger partial charge < -0.3 is 47.4 Å². The average Bonchev–Trinajstić information content (AvgIpc) is 3.24. The van der Waals surface area contributed by atoms with Crippen LogP contribution in [0.25, 0.3) is 0 Å². The van der Waals surface area contributed by atoms with Crippen LogP contribution in [0.4, 0.5) is 26.3 Å². The Hall–Kier alpha value is -3.94. The molecule has 0 N–H and O–H groups in total. The molecule has 0 radical (unpaired) electrons. The van der Waals surface area contributed by atoms with Crippen LogP contribution in [0.5, 0.6) is 0 Å². The minimum absolute atomic E-state index is 0.0144. The quantitative estimate of drug-likeness (QED) is 0.0824. The molecule has 0 saturated carbocycles. The standard InChI is InChI=1S/2C12H20O5.2C11H17F3O6S/c2*1-6-7(2)15-8(3)12(17-10(5)14)11(6)16-9(4)13;1-5-6(2)18-7(3)10(19-8(4)15)9(5)20-21(16,17)11(12,13)14;1-5-6(2)18-7(3)10(9(5)19-8(4)15)20-21(16,17)11(12,13)14/h2*6-8,11-12H,1-5H3;2*5-7,9-10H,1-4H3/t6-,7?,8+,11+,12+;6-,7?,8-,11-,12-;5-,6?,7-,9+,10-;5-,6?,7-,9-,10+/m1000/s1. The Balaban J connectivity index is 0.000000509. The van der Waals surface area contributed by atoms with Gasteiger partial charge in [-0.15, -0.1) is 0 Å². The van der Waals surface area contributed by atoms with Crippen LogP contribution in [0.3, 0.4) is 0 Å². The molecule has 4 unspecified atom stereocenters. The first kappa shape index (κ1) is 70.1. The Bertz CT molecular complexity index is 2120. The van der Waals surface area contributed by atoms with Gasteiger partial charge in [0, 0.05) is 65.2 Å². The van der Waals surface area contributed by atoms with Gasteiger partial charge in [-0.1, -0.05) is 27.7 Å². The van der Waals surface area contributed by atoms with Crippen molar-refractivity contribution in [3.05, 3.63) is 0 Å². The van der Waals surface area contributed by atoms with E-state index in [1.807, 2.05) is 41.5 Å². The van der Waals surface area contributed by atoms with Crippen molar-refractivity contribution < 1.29 is 128 Å². The van der Waals surface area contributed by atoms with Gasteiger partial charge in [-0.25, -0.2) is 0 Å². The van der Waals surface area contributed by atoms with Crippen molar-refractivity contribution in [1.82, 2.24) is 0 Å². The normalized spacial score (nSPS) is 35.8. The SMILES string of the molecule is CC(=O)O[C@@H]1[C@@H](OC(C)=O)[C@@H](C)C(C)O[C@H]1C.CC(=O)O[C@@H]1[C@@H](OC(C)=O)[C@H](C)C(C)O[C@H]1C.CC(=O)O[C@@H]1[C@H](OS(=O)(=O)C(F)(F)F)[C@@H](C)C(C)O[C@H]1C.CC(=O)O[C@@H]1[C@H](OS(=O)(=O)C(F)(F)F)[C@H](C)OC(C)[C@@H]1C. The Morgan fingerprint density at radius 3 is 0.697 bits per heavy atom. The molecule has 0 amide bonds. The number of carbonyl (C=O) groups is 6. The van der Waals surface area contributed by atoms with E-state index in [9.17, 15) is 71.9 Å². The van der Waals surface area contributed by atoms with E-state index in [0.717, 1.165) is 13.8 Å². The first-order valence-electron chi connectivity index (χ1n) is 24.0. The molecule has 4 rings (SSSR count). The van der Waals surface area contributed by atoms with E-state index in [2.05, 4.69) is 8.37 Å². The van der Waals surface area contributed by atoms with Crippen LogP contribution in [-0.4, -0.2) is 161 Å². The lowest BCUT2D eigenvalue weighted by atomic mass is 9.89. The molecule has 4 heterocycles. The van der Waals surface area contributed by atoms with Crippen molar-refractivity contribution in [2.75, 3.05) is 0 Å². The summed E-state index contributed by atoms with van der Waals surface area (Å²) in [6, 6.07) is 0. The average molecular weight is 1160 g/mol. The maximum absolute atomic E-state index is 12.4. The molecule has 4 fully saturated rings. The Morgan fingerprint density at radius 1 is 0.303 bits per heavy atom. The molecule has 4 aliphatic heterocycles. The zero-order valence-electron chi connectivity index (χ0n) is 45.6. The van der Waals surface area contributed by atoms with Crippen LogP contribution in [0.2, 0.25) is 0 Å². The van der Waals surface area contributed by atoms with E-state index in [-0.39, 0.29) is 48.2 Å². The van der Waals surface area contributed by atoms with E-state index in [4.69, 9.17) is 47.4 Å². The summed E-state index contributed by atoms with van der Waals surface area (Å²) in [5.41, 5.74) is -11.1. The number of rotatable bonds is 10. The van der Waals surface area contributed by atoms with Crippen LogP contribution in [0.15, 0.2) is 0 Å². The number of alkyl halides is 6. The van der Waals surface area contributed by atoms with Gasteiger partial charge in [-0.3, -0.25) is 37.1 Å². The molecule has 0 aromatic rings. The minimum atomic E-state index is -5.81. The largest absolute Gasteiger partial charge is 0.523 e. The predicted molar refractivity (Wildman–Crippen MR) is 250 cm³/mol. The van der Waals surface area contributed by atoms with Crippen molar-refractivity contribution in [1.29, 1.82) is 0 Å². The van der Waals surface area contributed by atoms with E-state index < -0.39 is 140 Å². The predicted octanol–water partition coefficient (Wildman–Crippen LogP) is 5.78. The molecule has 0 aromatic heterocycles. The van der Waals surface area contributed by atoms with Gasteiger partial charge in [0.15, 0.2) is 18.3 Å². The number of ether oxygens (including phenoxy) is 10. The number of hydrogen-bond acceptors (Lipinski definition) is 22. The molecule has 76 heavy (non-hydrogen) atoms. The molecule has 22 nitrogen and oxygen atoms in total. The van der Waals surface area contributed by atoms with Gasteiger partial charge in [0.25, 0.3) is 0 Å². The maximum Gasteiger partial charge on any atom is 0.523 e. The maximum atomic E-state index is 12.4. The number of halogens is 6. The lowest BCUT2D eigenvalue weighted by Gasteiger charge is -2.42. The first-order valence-corrected chi connectivity index (χ1v) is 26.8. The summed E-state index contributed by atoms with van der Waals surface area (Å²) in [6.07, 6.45) is -10.8. The summed E-state index contributed by atoms with van der Waals surface area (Å²) >= 11 is 0. The van der Waals surface area contributed by atoms with Gasteiger partial charge in [-0.2, -0.15) is 43.2 Å². The molecule has 0 spiro atoms. The second-order valence-electron chi connectivity index (χ2n) is 19.0. The second kappa shape index (κ2) is 28.8. The van der Waals surface area contributed by atoms with E-state index in [1.54, 1.807) is 20.8 Å². The summed E-state index contributed by atoms with van der Waals surface area (Å²) in [5, 5.41) is 0. The highest BCUT2D eigenvalue weighted by atomic mass is 32.2. The van der Waals surface area contributed by atoms with Crippen molar-refractivity contribution >= 4 is 56.1 Å². The lowest BCUT2D eigenvalue weighted by Crippen LogP contribution is -2.55. The molecule has 0 aliphatic carbocycles. The highest BCUT2D eigenvalue weighted by Crippen LogP contribution is 2.37. The number of carbonyl (C=O) groups excluding carboxylic acids is 6. The summed E-state index contributed by atoms with van der Waals surface area (Å²) < 4.78 is 181.